The van der Waals surface area contributed by atoms with Crippen LogP contribution in [0.4, 0.5) is 0 Å². The summed E-state index contributed by atoms with van der Waals surface area (Å²) >= 11 is 5.35. The van der Waals surface area contributed by atoms with E-state index in [9.17, 15) is 5.11 Å². The Kier molecular flexibility index (Phi) is 3.05. The van der Waals surface area contributed by atoms with Gasteiger partial charge in [0.15, 0.2) is 0 Å². The third-order valence-corrected chi connectivity index (χ3v) is 1.43. The van der Waals surface area contributed by atoms with Crippen molar-refractivity contribution in [1.29, 1.82) is 0 Å². The van der Waals surface area contributed by atoms with Crippen molar-refractivity contribution in [2.75, 3.05) is 6.61 Å². The number of hydrogen-bond acceptors (Lipinski definition) is 3. The molecule has 0 spiro atoms. The Morgan fingerprint density at radius 2 is 2.50 bits per heavy atom. The maximum absolute atomic E-state index is 11.0. The molecule has 0 radical (unpaired) electrons. The molecule has 0 saturated carbocycles. The van der Waals surface area contributed by atoms with E-state index in [1.807, 2.05) is 0 Å². The van der Waals surface area contributed by atoms with Gasteiger partial charge in [0.05, 0.1) is 5.95 Å². The minimum Gasteiger partial charge on any atom is -0.611 e. The van der Waals surface area contributed by atoms with Gasteiger partial charge in [-0.1, -0.05) is 18.5 Å². The van der Waals surface area contributed by atoms with Gasteiger partial charge in [0.25, 0.3) is 0 Å². The van der Waals surface area contributed by atoms with Crippen LogP contribution in [0.5, 0.6) is 0 Å². The van der Waals surface area contributed by atoms with Crippen molar-refractivity contribution in [3.8, 4) is 0 Å². The van der Waals surface area contributed by atoms with Crippen LogP contribution < -0.4 is 15.9 Å². The van der Waals surface area contributed by atoms with Crippen LogP contribution in [-0.2, 0) is 4.74 Å². The molecule has 1 aromatic rings. The van der Waals surface area contributed by atoms with Gasteiger partial charge in [0.1, 0.15) is 10.8 Å². The molecule has 0 aliphatic heterocycles. The summed E-state index contributed by atoms with van der Waals surface area (Å²) < 4.78 is 9.68. The standard InChI is InChI=1S/C8H9ClO3/c1-2-11-8(10)7-4-3-6(5-9)12-7/h3-5,10H,2H2,1H3/p-1. The van der Waals surface area contributed by atoms with E-state index in [4.69, 9.17) is 20.8 Å². The number of hydrogen-bond donors (Lipinski definition) is 0. The molecule has 1 aromatic heterocycles. The fourth-order valence-electron chi connectivity index (χ4n) is 0.723. The molecule has 0 N–H and O–H groups in total. The van der Waals surface area contributed by atoms with Crippen molar-refractivity contribution in [1.82, 2.24) is 0 Å². The number of halogens is 1. The minimum atomic E-state index is -0.470. The zero-order valence-corrected chi connectivity index (χ0v) is 7.30. The predicted octanol–water partition coefficient (Wildman–Crippen LogP) is -0.281. The first kappa shape index (κ1) is 9.00. The smallest absolute Gasteiger partial charge is 0.149 e. The highest BCUT2D eigenvalue weighted by Crippen LogP contribution is 1.83. The van der Waals surface area contributed by atoms with Crippen molar-refractivity contribution < 1.29 is 14.3 Å². The summed E-state index contributed by atoms with van der Waals surface area (Å²) in [5.74, 6) is -0.470. The lowest BCUT2D eigenvalue weighted by molar-refractivity contribution is -0.292. The Morgan fingerprint density at radius 3 is 3.00 bits per heavy atom. The average Bonchev–Trinajstić information content (AvgIpc) is 2.52. The number of furan rings is 1. The summed E-state index contributed by atoms with van der Waals surface area (Å²) in [5, 5.41) is 11.0. The normalized spacial score (nSPS) is 14.7. The van der Waals surface area contributed by atoms with Gasteiger partial charge in [-0.3, -0.25) is 0 Å². The van der Waals surface area contributed by atoms with Gasteiger partial charge in [-0.2, -0.15) is 0 Å². The van der Waals surface area contributed by atoms with Crippen molar-refractivity contribution in [2.24, 2.45) is 0 Å². The first-order chi connectivity index (χ1) is 5.77. The molecule has 0 atom stereocenters. The predicted molar refractivity (Wildman–Crippen MR) is 43.3 cm³/mol. The summed E-state index contributed by atoms with van der Waals surface area (Å²) in [6, 6.07) is 3.12. The van der Waals surface area contributed by atoms with Crippen LogP contribution in [0.1, 0.15) is 6.92 Å². The third kappa shape index (κ3) is 1.95. The van der Waals surface area contributed by atoms with Crippen LogP contribution in [0.15, 0.2) is 16.5 Å². The molecule has 0 unspecified atom stereocenters. The third-order valence-electron chi connectivity index (χ3n) is 1.21. The second-order valence-corrected chi connectivity index (χ2v) is 2.25. The molecule has 0 aromatic carbocycles. The number of rotatable bonds is 2. The summed E-state index contributed by atoms with van der Waals surface area (Å²) in [5.41, 5.74) is 1.87. The molecular formula is C8H8ClO3-. The summed E-state index contributed by atoms with van der Waals surface area (Å²) in [6.45, 7) is 2.06. The van der Waals surface area contributed by atoms with Crippen LogP contribution in [0.25, 0.3) is 11.5 Å². The molecule has 0 aliphatic rings. The molecule has 1 rings (SSSR count). The van der Waals surface area contributed by atoms with Gasteiger partial charge in [-0.05, 0) is 18.7 Å². The van der Waals surface area contributed by atoms with E-state index in [2.05, 4.69) is 0 Å². The quantitative estimate of drug-likeness (QED) is 0.640. The second kappa shape index (κ2) is 4.07. The molecular weight excluding hydrogens is 180 g/mol. The van der Waals surface area contributed by atoms with Crippen LogP contribution >= 0.6 is 11.6 Å². The lowest BCUT2D eigenvalue weighted by atomic mass is 10.6. The van der Waals surface area contributed by atoms with Crippen molar-refractivity contribution in [2.45, 2.75) is 6.92 Å². The highest BCUT2D eigenvalue weighted by atomic mass is 35.5. The van der Waals surface area contributed by atoms with E-state index < -0.39 is 5.95 Å². The molecule has 0 fully saturated rings. The summed E-state index contributed by atoms with van der Waals surface area (Å²) in [4.78, 5) is 0. The van der Waals surface area contributed by atoms with Crippen LogP contribution in [-0.4, -0.2) is 6.61 Å². The summed E-state index contributed by atoms with van der Waals surface area (Å²) in [6.07, 6.45) is 0. The van der Waals surface area contributed by atoms with E-state index in [1.165, 1.54) is 11.6 Å². The van der Waals surface area contributed by atoms with E-state index >= 15 is 0 Å². The molecule has 12 heavy (non-hydrogen) atoms. The number of ether oxygens (including phenoxy) is 1. The van der Waals surface area contributed by atoms with Gasteiger partial charge < -0.3 is 14.3 Å². The second-order valence-electron chi connectivity index (χ2n) is 2.03. The van der Waals surface area contributed by atoms with Gasteiger partial charge in [-0.25, -0.2) is 0 Å². The molecule has 0 amide bonds. The van der Waals surface area contributed by atoms with Crippen LogP contribution in [0.2, 0.25) is 0 Å². The highest BCUT2D eigenvalue weighted by Gasteiger charge is 1.88. The maximum atomic E-state index is 11.0. The van der Waals surface area contributed by atoms with E-state index in [0.29, 0.717) is 12.0 Å². The average molecular weight is 188 g/mol. The molecule has 0 aliphatic carbocycles. The Labute approximate surface area is 74.5 Å². The fraction of sp³-hybridized carbons (Fsp3) is 0.250. The zero-order chi connectivity index (χ0) is 8.97. The van der Waals surface area contributed by atoms with Gasteiger partial charge in [-0.15, -0.1) is 0 Å². The Morgan fingerprint density at radius 1 is 1.75 bits per heavy atom. The largest absolute Gasteiger partial charge is 0.611 e. The Hall–Kier alpha value is -1.09. The SMILES string of the molecule is CCOC([O-])=c1ccc(=CCl)o1. The lowest BCUT2D eigenvalue weighted by Crippen LogP contribution is -2.17. The first-order valence-corrected chi connectivity index (χ1v) is 3.92. The fourth-order valence-corrected chi connectivity index (χ4v) is 0.841. The monoisotopic (exact) mass is 187 g/mol. The topological polar surface area (TPSA) is 45.4 Å². The Bertz CT molecular complexity index is 353. The molecule has 66 valence electrons. The van der Waals surface area contributed by atoms with Crippen LogP contribution in [0.3, 0.4) is 0 Å². The van der Waals surface area contributed by atoms with Crippen LogP contribution in [0, 0.1) is 0 Å². The molecule has 3 nitrogen and oxygen atoms in total. The van der Waals surface area contributed by atoms with Gasteiger partial charge >= 0.3 is 0 Å². The summed E-state index contributed by atoms with van der Waals surface area (Å²) in [7, 11) is 0. The van der Waals surface area contributed by atoms with E-state index in [-0.39, 0.29) is 5.42 Å². The first-order valence-electron chi connectivity index (χ1n) is 3.48. The molecule has 1 heterocycles. The maximum Gasteiger partial charge on any atom is 0.149 e. The molecule has 0 bridgehead atoms. The zero-order valence-electron chi connectivity index (χ0n) is 6.54. The molecule has 0 saturated heterocycles. The van der Waals surface area contributed by atoms with Gasteiger partial charge in [0, 0.05) is 5.54 Å². The van der Waals surface area contributed by atoms with Crippen molar-refractivity contribution >= 4 is 23.1 Å². The highest BCUT2D eigenvalue weighted by molar-refractivity contribution is 6.38. The minimum absolute atomic E-state index is 0.170. The van der Waals surface area contributed by atoms with E-state index in [0.717, 1.165) is 0 Å². The Balaban J connectivity index is 3.09. The van der Waals surface area contributed by atoms with Crippen molar-refractivity contribution in [3.05, 3.63) is 23.0 Å². The van der Waals surface area contributed by atoms with Crippen molar-refractivity contribution in [3.63, 3.8) is 0 Å². The van der Waals surface area contributed by atoms with Gasteiger partial charge in [0.2, 0.25) is 0 Å². The van der Waals surface area contributed by atoms with E-state index in [1.54, 1.807) is 13.0 Å². The molecule has 4 heteroatoms. The lowest BCUT2D eigenvalue weighted by Gasteiger charge is -2.09.